The van der Waals surface area contributed by atoms with E-state index in [1.54, 1.807) is 31.3 Å². The molecule has 0 saturated carbocycles. The minimum Gasteiger partial charge on any atom is -0.452 e. The minimum absolute atomic E-state index is 0.0429. The van der Waals surface area contributed by atoms with Gasteiger partial charge in [-0.2, -0.15) is 5.26 Å². The first kappa shape index (κ1) is 12.2. The number of anilines is 1. The van der Waals surface area contributed by atoms with Gasteiger partial charge in [0.15, 0.2) is 0 Å². The zero-order valence-corrected chi connectivity index (χ0v) is 10.3. The molecule has 0 spiro atoms. The van der Waals surface area contributed by atoms with Crippen molar-refractivity contribution in [1.82, 2.24) is 0 Å². The molecular formula is C13H9ClN2O2. The van der Waals surface area contributed by atoms with E-state index in [9.17, 15) is 4.79 Å². The number of furan rings is 1. The molecule has 0 aliphatic carbocycles. The van der Waals surface area contributed by atoms with E-state index >= 15 is 0 Å². The maximum Gasteiger partial charge on any atom is 0.262 e. The van der Waals surface area contributed by atoms with Crippen molar-refractivity contribution in [3.63, 3.8) is 0 Å². The molecule has 4 nitrogen and oxygen atoms in total. The van der Waals surface area contributed by atoms with E-state index < -0.39 is 0 Å². The first-order chi connectivity index (χ1) is 8.65. The zero-order valence-electron chi connectivity index (χ0n) is 9.55. The average molecular weight is 261 g/mol. The Morgan fingerprint density at radius 1 is 1.39 bits per heavy atom. The zero-order chi connectivity index (χ0) is 13.1. The van der Waals surface area contributed by atoms with Gasteiger partial charge >= 0.3 is 0 Å². The largest absolute Gasteiger partial charge is 0.452 e. The summed E-state index contributed by atoms with van der Waals surface area (Å²) in [6.45, 7) is 0. The smallest absolute Gasteiger partial charge is 0.262 e. The van der Waals surface area contributed by atoms with Crippen LogP contribution in [0.4, 0.5) is 5.69 Å². The Morgan fingerprint density at radius 3 is 2.72 bits per heavy atom. The quantitative estimate of drug-likeness (QED) is 0.834. The lowest BCUT2D eigenvalue weighted by molar-refractivity contribution is 0.0992. The number of halogens is 1. The van der Waals surface area contributed by atoms with Crippen LogP contribution >= 0.6 is 11.6 Å². The van der Waals surface area contributed by atoms with Gasteiger partial charge in [0, 0.05) is 7.05 Å². The molecule has 1 amide bonds. The second kappa shape index (κ2) is 4.94. The van der Waals surface area contributed by atoms with Gasteiger partial charge in [-0.1, -0.05) is 12.1 Å². The molecule has 0 fully saturated rings. The highest BCUT2D eigenvalue weighted by molar-refractivity contribution is 6.32. The van der Waals surface area contributed by atoms with Crippen molar-refractivity contribution in [2.45, 2.75) is 0 Å². The molecule has 1 aromatic heterocycles. The fourth-order valence-electron chi connectivity index (χ4n) is 1.60. The molecule has 0 saturated heterocycles. The highest BCUT2D eigenvalue weighted by atomic mass is 35.5. The molecule has 5 heteroatoms. The summed E-state index contributed by atoms with van der Waals surface area (Å²) in [5.74, 6) is -0.323. The lowest BCUT2D eigenvalue weighted by Gasteiger charge is -2.17. The molecule has 2 rings (SSSR count). The van der Waals surface area contributed by atoms with Crippen LogP contribution in [0.1, 0.15) is 15.9 Å². The van der Waals surface area contributed by atoms with Gasteiger partial charge in [-0.3, -0.25) is 4.79 Å². The second-order valence-corrected chi connectivity index (χ2v) is 3.94. The van der Waals surface area contributed by atoms with Crippen LogP contribution in [0, 0.1) is 11.3 Å². The third-order valence-electron chi connectivity index (χ3n) is 2.54. The van der Waals surface area contributed by atoms with Gasteiger partial charge in [0.05, 0.1) is 23.1 Å². The topological polar surface area (TPSA) is 57.2 Å². The van der Waals surface area contributed by atoms with Crippen LogP contribution in [0.2, 0.25) is 5.22 Å². The Kier molecular flexibility index (Phi) is 3.35. The summed E-state index contributed by atoms with van der Waals surface area (Å²) >= 11 is 5.76. The Morgan fingerprint density at radius 2 is 2.11 bits per heavy atom. The monoisotopic (exact) mass is 260 g/mol. The molecule has 0 bridgehead atoms. The van der Waals surface area contributed by atoms with Crippen molar-refractivity contribution in [3.05, 3.63) is 52.9 Å². The molecule has 18 heavy (non-hydrogen) atoms. The van der Waals surface area contributed by atoms with E-state index in [1.807, 2.05) is 6.07 Å². The number of hydrogen-bond acceptors (Lipinski definition) is 3. The summed E-state index contributed by atoms with van der Waals surface area (Å²) in [4.78, 5) is 13.5. The molecule has 0 aliphatic rings. The molecule has 0 N–H and O–H groups in total. The minimum atomic E-state index is -0.323. The Labute approximate surface area is 109 Å². The van der Waals surface area contributed by atoms with Gasteiger partial charge < -0.3 is 9.32 Å². The van der Waals surface area contributed by atoms with Crippen LogP contribution < -0.4 is 4.90 Å². The second-order valence-electron chi connectivity index (χ2n) is 3.60. The van der Waals surface area contributed by atoms with Gasteiger partial charge in [0.1, 0.15) is 6.07 Å². The molecular weight excluding hydrogens is 252 g/mol. The Balaban J connectivity index is 2.38. The number of benzene rings is 1. The first-order valence-corrected chi connectivity index (χ1v) is 5.53. The van der Waals surface area contributed by atoms with Crippen molar-refractivity contribution in [3.8, 4) is 6.07 Å². The predicted molar refractivity (Wildman–Crippen MR) is 67.6 cm³/mol. The van der Waals surface area contributed by atoms with Crippen molar-refractivity contribution in [2.75, 3.05) is 11.9 Å². The normalized spacial score (nSPS) is 9.83. The van der Waals surface area contributed by atoms with Crippen LogP contribution in [-0.4, -0.2) is 13.0 Å². The number of nitrogens with zero attached hydrogens (tertiary/aromatic N) is 2. The van der Waals surface area contributed by atoms with Crippen LogP contribution in [0.25, 0.3) is 0 Å². The molecule has 0 atom stereocenters. The SMILES string of the molecule is CN(C(=O)c1ccoc1Cl)c1ccccc1C#N. The summed E-state index contributed by atoms with van der Waals surface area (Å²) in [6, 6.07) is 10.4. The third-order valence-corrected chi connectivity index (χ3v) is 2.83. The third kappa shape index (κ3) is 2.08. The van der Waals surface area contributed by atoms with E-state index in [-0.39, 0.29) is 16.7 Å². The molecule has 1 aromatic carbocycles. The molecule has 2 aromatic rings. The fraction of sp³-hybridized carbons (Fsp3) is 0.0769. The summed E-state index contributed by atoms with van der Waals surface area (Å²) in [5.41, 5.74) is 1.22. The standard InChI is InChI=1S/C13H9ClN2O2/c1-16(11-5-3-2-4-9(11)8-15)13(17)10-6-7-18-12(10)14/h2-7H,1H3. The summed E-state index contributed by atoms with van der Waals surface area (Å²) in [6.07, 6.45) is 1.35. The van der Waals surface area contributed by atoms with Gasteiger partial charge in [0.2, 0.25) is 5.22 Å². The predicted octanol–water partition coefficient (Wildman–Crippen LogP) is 3.08. The number of carbonyl (C=O) groups is 1. The number of rotatable bonds is 2. The molecule has 0 aliphatic heterocycles. The van der Waals surface area contributed by atoms with E-state index in [0.29, 0.717) is 11.3 Å². The van der Waals surface area contributed by atoms with Crippen molar-refractivity contribution < 1.29 is 9.21 Å². The van der Waals surface area contributed by atoms with Crippen LogP contribution in [0.3, 0.4) is 0 Å². The lowest BCUT2D eigenvalue weighted by atomic mass is 10.1. The van der Waals surface area contributed by atoms with Crippen molar-refractivity contribution >= 4 is 23.2 Å². The first-order valence-electron chi connectivity index (χ1n) is 5.15. The molecule has 0 unspecified atom stereocenters. The summed E-state index contributed by atoms with van der Waals surface area (Å²) in [7, 11) is 1.59. The number of nitriles is 1. The highest BCUT2D eigenvalue weighted by Crippen LogP contribution is 2.23. The molecule has 1 heterocycles. The molecule has 0 radical (unpaired) electrons. The number of amides is 1. The highest BCUT2D eigenvalue weighted by Gasteiger charge is 2.20. The van der Waals surface area contributed by atoms with E-state index in [1.165, 1.54) is 17.2 Å². The van der Waals surface area contributed by atoms with Gasteiger partial charge in [-0.25, -0.2) is 0 Å². The van der Waals surface area contributed by atoms with E-state index in [4.69, 9.17) is 21.3 Å². The van der Waals surface area contributed by atoms with E-state index in [2.05, 4.69) is 0 Å². The van der Waals surface area contributed by atoms with Crippen LogP contribution in [0.5, 0.6) is 0 Å². The van der Waals surface area contributed by atoms with Gasteiger partial charge in [-0.15, -0.1) is 0 Å². The summed E-state index contributed by atoms with van der Waals surface area (Å²) in [5, 5.41) is 9.04. The molecule has 90 valence electrons. The van der Waals surface area contributed by atoms with Crippen molar-refractivity contribution in [1.29, 1.82) is 5.26 Å². The van der Waals surface area contributed by atoms with Crippen LogP contribution in [-0.2, 0) is 0 Å². The fourth-order valence-corrected chi connectivity index (χ4v) is 1.79. The van der Waals surface area contributed by atoms with Gasteiger partial charge in [0.25, 0.3) is 5.91 Å². The van der Waals surface area contributed by atoms with E-state index in [0.717, 1.165) is 0 Å². The number of para-hydroxylation sites is 1. The Bertz CT molecular complexity index is 628. The maximum atomic E-state index is 12.2. The summed E-state index contributed by atoms with van der Waals surface area (Å²) < 4.78 is 4.88. The maximum absolute atomic E-state index is 12.2. The van der Waals surface area contributed by atoms with Crippen molar-refractivity contribution in [2.24, 2.45) is 0 Å². The number of hydrogen-bond donors (Lipinski definition) is 0. The number of carbonyl (C=O) groups excluding carboxylic acids is 1. The Hall–Kier alpha value is -2.25. The van der Waals surface area contributed by atoms with Crippen LogP contribution in [0.15, 0.2) is 41.0 Å². The lowest BCUT2D eigenvalue weighted by Crippen LogP contribution is -2.26. The average Bonchev–Trinajstić information content (AvgIpc) is 2.83. The van der Waals surface area contributed by atoms with Gasteiger partial charge in [-0.05, 0) is 29.8 Å².